The number of nitrogens with zero attached hydrogens (tertiary/aromatic N) is 1. The van der Waals surface area contributed by atoms with Crippen LogP contribution in [0.2, 0.25) is 5.02 Å². The average molecular weight is 346 g/mol. The summed E-state index contributed by atoms with van der Waals surface area (Å²) in [7, 11) is 3.02. The van der Waals surface area contributed by atoms with E-state index < -0.39 is 11.5 Å². The van der Waals surface area contributed by atoms with Crippen molar-refractivity contribution in [3.63, 3.8) is 0 Å². The minimum atomic E-state index is -1.94. The second-order valence-corrected chi connectivity index (χ2v) is 6.12. The van der Waals surface area contributed by atoms with Crippen LogP contribution in [0.3, 0.4) is 0 Å². The fourth-order valence-corrected chi connectivity index (χ4v) is 3.18. The molecule has 0 spiro atoms. The predicted molar refractivity (Wildman–Crippen MR) is 90.7 cm³/mol. The molecule has 5 nitrogen and oxygen atoms in total. The van der Waals surface area contributed by atoms with Gasteiger partial charge in [0.05, 0.1) is 24.8 Å². The van der Waals surface area contributed by atoms with E-state index in [0.29, 0.717) is 27.6 Å². The Morgan fingerprint density at radius 1 is 1.29 bits per heavy atom. The first-order chi connectivity index (χ1) is 11.4. The number of methoxy groups -OCH3 is 1. The minimum absolute atomic E-state index is 0.319. The quantitative estimate of drug-likeness (QED) is 0.865. The third-order valence-corrected chi connectivity index (χ3v) is 4.48. The monoisotopic (exact) mass is 345 g/mol. The lowest BCUT2D eigenvalue weighted by Crippen LogP contribution is -2.40. The van der Waals surface area contributed by atoms with E-state index in [0.717, 1.165) is 0 Å². The van der Waals surface area contributed by atoms with Crippen molar-refractivity contribution in [1.29, 1.82) is 0 Å². The standard InChI is InChI=1S/C18H16ClNO4/c1-20-14-8-7-11(19)9-13(14)18(23,17(20)22)10-15(21)12-5-3-4-6-16(12)24-2/h3-9,23H,10H2,1-2H3/t18-/m1/s1. The number of amides is 1. The van der Waals surface area contributed by atoms with Crippen molar-refractivity contribution in [1.82, 2.24) is 0 Å². The number of halogens is 1. The normalized spacial score (nSPS) is 19.3. The molecular weight excluding hydrogens is 330 g/mol. The summed E-state index contributed by atoms with van der Waals surface area (Å²) < 4.78 is 5.18. The summed E-state index contributed by atoms with van der Waals surface area (Å²) in [5.74, 6) is -0.538. The highest BCUT2D eigenvalue weighted by atomic mass is 35.5. The number of fused-ring (bicyclic) bond motifs is 1. The molecule has 2 aromatic carbocycles. The van der Waals surface area contributed by atoms with Crippen molar-refractivity contribution >= 4 is 29.0 Å². The Balaban J connectivity index is 2.02. The largest absolute Gasteiger partial charge is 0.496 e. The van der Waals surface area contributed by atoms with E-state index in [9.17, 15) is 14.7 Å². The highest BCUT2D eigenvalue weighted by Crippen LogP contribution is 2.43. The van der Waals surface area contributed by atoms with Gasteiger partial charge in [0.15, 0.2) is 11.4 Å². The number of carbonyl (C=O) groups excluding carboxylic acids is 2. The molecule has 0 saturated heterocycles. The lowest BCUT2D eigenvalue weighted by atomic mass is 9.88. The zero-order valence-electron chi connectivity index (χ0n) is 13.2. The highest BCUT2D eigenvalue weighted by Gasteiger charge is 2.50. The van der Waals surface area contributed by atoms with Crippen LogP contribution in [-0.2, 0) is 10.4 Å². The summed E-state index contributed by atoms with van der Waals surface area (Å²) in [6.07, 6.45) is -0.385. The van der Waals surface area contributed by atoms with Gasteiger partial charge in [-0.1, -0.05) is 23.7 Å². The molecule has 1 aliphatic heterocycles. The maximum Gasteiger partial charge on any atom is 0.263 e. The molecule has 1 atom stereocenters. The molecular formula is C18H16ClNO4. The Bertz CT molecular complexity index is 836. The lowest BCUT2D eigenvalue weighted by Gasteiger charge is -2.21. The van der Waals surface area contributed by atoms with E-state index in [-0.39, 0.29) is 12.2 Å². The number of rotatable bonds is 4. The third kappa shape index (κ3) is 2.46. The number of ether oxygens (including phenoxy) is 1. The Morgan fingerprint density at radius 2 is 2.00 bits per heavy atom. The van der Waals surface area contributed by atoms with Crippen LogP contribution in [0.15, 0.2) is 42.5 Å². The first-order valence-corrected chi connectivity index (χ1v) is 7.73. The molecule has 0 radical (unpaired) electrons. The Morgan fingerprint density at radius 3 is 2.71 bits per heavy atom. The highest BCUT2D eigenvalue weighted by molar-refractivity contribution is 6.31. The number of hydrogen-bond donors (Lipinski definition) is 1. The summed E-state index contributed by atoms with van der Waals surface area (Å²) in [4.78, 5) is 26.6. The molecule has 1 N–H and O–H groups in total. The third-order valence-electron chi connectivity index (χ3n) is 4.25. The predicted octanol–water partition coefficient (Wildman–Crippen LogP) is 2.79. The van der Waals surface area contributed by atoms with Crippen LogP contribution < -0.4 is 9.64 Å². The Hall–Kier alpha value is -2.37. The van der Waals surface area contributed by atoms with Gasteiger partial charge >= 0.3 is 0 Å². The zero-order chi connectivity index (χ0) is 17.5. The molecule has 1 aliphatic rings. The van der Waals surface area contributed by atoms with Crippen molar-refractivity contribution in [3.05, 3.63) is 58.6 Å². The van der Waals surface area contributed by atoms with Crippen LogP contribution in [0.25, 0.3) is 0 Å². The van der Waals surface area contributed by atoms with Gasteiger partial charge < -0.3 is 14.7 Å². The molecule has 0 bridgehead atoms. The van der Waals surface area contributed by atoms with Crippen LogP contribution >= 0.6 is 11.6 Å². The number of para-hydroxylation sites is 1. The smallest absolute Gasteiger partial charge is 0.263 e. The van der Waals surface area contributed by atoms with Crippen molar-refractivity contribution in [2.24, 2.45) is 0 Å². The number of anilines is 1. The molecule has 3 rings (SSSR count). The van der Waals surface area contributed by atoms with Gasteiger partial charge in [-0.15, -0.1) is 0 Å². The summed E-state index contributed by atoms with van der Waals surface area (Å²) in [6, 6.07) is 11.5. The number of aliphatic hydroxyl groups is 1. The molecule has 0 saturated carbocycles. The lowest BCUT2D eigenvalue weighted by molar-refractivity contribution is -0.135. The van der Waals surface area contributed by atoms with Gasteiger partial charge in [-0.3, -0.25) is 9.59 Å². The molecule has 6 heteroatoms. The van der Waals surface area contributed by atoms with Crippen molar-refractivity contribution in [2.75, 3.05) is 19.1 Å². The van der Waals surface area contributed by atoms with E-state index in [1.165, 1.54) is 18.1 Å². The van der Waals surface area contributed by atoms with E-state index in [1.807, 2.05) is 0 Å². The maximum atomic E-state index is 12.7. The molecule has 0 unspecified atom stereocenters. The molecule has 0 aliphatic carbocycles. The second kappa shape index (κ2) is 5.92. The molecule has 1 heterocycles. The van der Waals surface area contributed by atoms with Crippen LogP contribution in [0, 0.1) is 0 Å². The van der Waals surface area contributed by atoms with Gasteiger partial charge in [-0.2, -0.15) is 0 Å². The molecule has 1 amide bonds. The summed E-state index contributed by atoms with van der Waals surface area (Å²) >= 11 is 6.00. The number of Topliss-reactive ketones (excluding diaryl/α,β-unsaturated/α-hetero) is 1. The van der Waals surface area contributed by atoms with Crippen LogP contribution in [-0.4, -0.2) is 31.0 Å². The fraction of sp³-hybridized carbons (Fsp3) is 0.222. The molecule has 0 aromatic heterocycles. The van der Waals surface area contributed by atoms with E-state index in [1.54, 1.807) is 43.4 Å². The maximum absolute atomic E-state index is 12.7. The number of hydrogen-bond acceptors (Lipinski definition) is 4. The van der Waals surface area contributed by atoms with Gasteiger partial charge in [0.2, 0.25) is 0 Å². The summed E-state index contributed by atoms with van der Waals surface area (Å²) in [6.45, 7) is 0. The topological polar surface area (TPSA) is 66.8 Å². The van der Waals surface area contributed by atoms with Crippen molar-refractivity contribution in [2.45, 2.75) is 12.0 Å². The average Bonchev–Trinajstić information content (AvgIpc) is 2.76. The summed E-state index contributed by atoms with van der Waals surface area (Å²) in [5.41, 5.74) is -0.739. The van der Waals surface area contributed by atoms with Gasteiger partial charge in [0.1, 0.15) is 5.75 Å². The van der Waals surface area contributed by atoms with Gasteiger partial charge in [-0.05, 0) is 30.3 Å². The Labute approximate surface area is 144 Å². The van der Waals surface area contributed by atoms with Crippen LogP contribution in [0.5, 0.6) is 5.75 Å². The number of ketones is 1. The summed E-state index contributed by atoms with van der Waals surface area (Å²) in [5, 5.41) is 11.4. The SMILES string of the molecule is COc1ccccc1C(=O)C[C@]1(O)C(=O)N(C)c2ccc(Cl)cc21. The Kier molecular flexibility index (Phi) is 4.07. The zero-order valence-corrected chi connectivity index (χ0v) is 14.0. The van der Waals surface area contributed by atoms with Gasteiger partial charge in [0, 0.05) is 17.6 Å². The fourth-order valence-electron chi connectivity index (χ4n) is 3.01. The van der Waals surface area contributed by atoms with E-state index in [4.69, 9.17) is 16.3 Å². The van der Waals surface area contributed by atoms with Crippen LogP contribution in [0.4, 0.5) is 5.69 Å². The van der Waals surface area contributed by atoms with Crippen LogP contribution in [0.1, 0.15) is 22.3 Å². The van der Waals surface area contributed by atoms with Gasteiger partial charge in [0.25, 0.3) is 5.91 Å². The molecule has 0 fully saturated rings. The first kappa shape index (κ1) is 16.5. The second-order valence-electron chi connectivity index (χ2n) is 5.69. The van der Waals surface area contributed by atoms with E-state index in [2.05, 4.69) is 0 Å². The number of carbonyl (C=O) groups is 2. The number of benzene rings is 2. The van der Waals surface area contributed by atoms with Gasteiger partial charge in [-0.25, -0.2) is 0 Å². The molecule has 124 valence electrons. The molecule has 24 heavy (non-hydrogen) atoms. The van der Waals surface area contributed by atoms with E-state index >= 15 is 0 Å². The minimum Gasteiger partial charge on any atom is -0.496 e. The van der Waals surface area contributed by atoms with Crippen molar-refractivity contribution < 1.29 is 19.4 Å². The first-order valence-electron chi connectivity index (χ1n) is 7.35. The van der Waals surface area contributed by atoms with Crippen molar-refractivity contribution in [3.8, 4) is 5.75 Å². The number of likely N-dealkylation sites (N-methyl/N-ethyl adjacent to an activating group) is 1. The molecule has 2 aromatic rings.